The van der Waals surface area contributed by atoms with Gasteiger partial charge in [-0.3, -0.25) is 4.79 Å². The average molecular weight is 294 g/mol. The fourth-order valence-electron chi connectivity index (χ4n) is 1.44. The van der Waals surface area contributed by atoms with Crippen molar-refractivity contribution in [1.82, 2.24) is 0 Å². The number of carbonyl (C=O) groups excluding carboxylic acids is 1. The summed E-state index contributed by atoms with van der Waals surface area (Å²) in [5, 5.41) is 3.62. The highest BCUT2D eigenvalue weighted by molar-refractivity contribution is 9.08. The van der Waals surface area contributed by atoms with Gasteiger partial charge < -0.3 is 9.73 Å². The van der Waals surface area contributed by atoms with Gasteiger partial charge in [-0.2, -0.15) is 0 Å². The van der Waals surface area contributed by atoms with Crippen LogP contribution in [0.2, 0.25) is 0 Å². The Kier molecular flexibility index (Phi) is 3.64. The lowest BCUT2D eigenvalue weighted by Crippen LogP contribution is -2.10. The molecule has 0 aliphatic carbocycles. The van der Waals surface area contributed by atoms with E-state index in [0.717, 1.165) is 16.8 Å². The first-order valence-corrected chi connectivity index (χ1v) is 6.32. The maximum Gasteiger partial charge on any atom is 0.258 e. The van der Waals surface area contributed by atoms with Crippen molar-refractivity contribution >= 4 is 27.5 Å². The molecule has 2 rings (SSSR count). The Hall–Kier alpha value is -1.55. The predicted molar refractivity (Wildman–Crippen MR) is 70.5 cm³/mol. The largest absolute Gasteiger partial charge is 0.469 e. The summed E-state index contributed by atoms with van der Waals surface area (Å²) in [5.74, 6) is 0.568. The van der Waals surface area contributed by atoms with E-state index in [1.54, 1.807) is 6.07 Å². The molecule has 4 heteroatoms. The van der Waals surface area contributed by atoms with Crippen LogP contribution in [-0.4, -0.2) is 5.91 Å². The number of amides is 1. The molecule has 0 atom stereocenters. The molecule has 17 heavy (non-hydrogen) atoms. The predicted octanol–water partition coefficient (Wildman–Crippen LogP) is 3.74. The van der Waals surface area contributed by atoms with E-state index >= 15 is 0 Å². The van der Waals surface area contributed by atoms with Crippen molar-refractivity contribution in [2.75, 3.05) is 5.32 Å². The lowest BCUT2D eigenvalue weighted by molar-refractivity contribution is 0.102. The van der Waals surface area contributed by atoms with Gasteiger partial charge >= 0.3 is 0 Å². The van der Waals surface area contributed by atoms with E-state index in [1.165, 1.54) is 11.8 Å². The van der Waals surface area contributed by atoms with Crippen molar-refractivity contribution < 1.29 is 9.21 Å². The molecule has 1 N–H and O–H groups in total. The second kappa shape index (κ2) is 5.19. The van der Waals surface area contributed by atoms with E-state index in [1.807, 2.05) is 31.2 Å². The topological polar surface area (TPSA) is 42.2 Å². The van der Waals surface area contributed by atoms with Gasteiger partial charge in [0.2, 0.25) is 0 Å². The van der Waals surface area contributed by atoms with Gasteiger partial charge in [0.25, 0.3) is 5.91 Å². The zero-order chi connectivity index (χ0) is 12.3. The average Bonchev–Trinajstić information content (AvgIpc) is 2.77. The summed E-state index contributed by atoms with van der Waals surface area (Å²) in [6.07, 6.45) is 1.46. The fraction of sp³-hybridized carbons (Fsp3) is 0.154. The second-order valence-electron chi connectivity index (χ2n) is 3.73. The van der Waals surface area contributed by atoms with Gasteiger partial charge in [-0.15, -0.1) is 0 Å². The van der Waals surface area contributed by atoms with Crippen molar-refractivity contribution in [3.63, 3.8) is 0 Å². The minimum Gasteiger partial charge on any atom is -0.469 e. The molecule has 1 heterocycles. The Morgan fingerprint density at radius 3 is 2.59 bits per heavy atom. The van der Waals surface area contributed by atoms with E-state index < -0.39 is 0 Å². The summed E-state index contributed by atoms with van der Waals surface area (Å²) in [7, 11) is 0. The van der Waals surface area contributed by atoms with Crippen LogP contribution in [0.5, 0.6) is 0 Å². The number of anilines is 1. The molecule has 0 saturated carbocycles. The molecule has 1 aromatic heterocycles. The van der Waals surface area contributed by atoms with Crippen LogP contribution in [0.4, 0.5) is 5.69 Å². The van der Waals surface area contributed by atoms with Gasteiger partial charge in [0.1, 0.15) is 12.0 Å². The molecule has 0 aliphatic rings. The van der Waals surface area contributed by atoms with Crippen molar-refractivity contribution in [2.24, 2.45) is 0 Å². The highest BCUT2D eigenvalue weighted by Crippen LogP contribution is 2.14. The molecule has 0 spiro atoms. The summed E-state index contributed by atoms with van der Waals surface area (Å²) in [5.41, 5.74) is 2.48. The number of nitrogens with one attached hydrogen (secondary N) is 1. The summed E-state index contributed by atoms with van der Waals surface area (Å²) in [4.78, 5) is 11.8. The van der Waals surface area contributed by atoms with Crippen LogP contribution in [0, 0.1) is 6.92 Å². The third kappa shape index (κ3) is 2.97. The minimum atomic E-state index is -0.159. The normalized spacial score (nSPS) is 10.2. The van der Waals surface area contributed by atoms with E-state index in [4.69, 9.17) is 4.42 Å². The highest BCUT2D eigenvalue weighted by Gasteiger charge is 2.08. The SMILES string of the molecule is Cc1cc(C(=O)Nc2ccc(CBr)cc2)co1. The van der Waals surface area contributed by atoms with Gasteiger partial charge in [-0.1, -0.05) is 28.1 Å². The Labute approximate surface area is 108 Å². The molecule has 0 radical (unpaired) electrons. The monoisotopic (exact) mass is 293 g/mol. The van der Waals surface area contributed by atoms with E-state index in [9.17, 15) is 4.79 Å². The zero-order valence-electron chi connectivity index (χ0n) is 9.37. The lowest BCUT2D eigenvalue weighted by Gasteiger charge is -2.03. The minimum absolute atomic E-state index is 0.159. The van der Waals surface area contributed by atoms with Crippen molar-refractivity contribution in [1.29, 1.82) is 0 Å². The number of aryl methyl sites for hydroxylation is 1. The summed E-state index contributed by atoms with van der Waals surface area (Å²) in [6, 6.07) is 9.39. The van der Waals surface area contributed by atoms with Gasteiger partial charge in [-0.25, -0.2) is 0 Å². The molecule has 88 valence electrons. The molecule has 0 saturated heterocycles. The van der Waals surface area contributed by atoms with Gasteiger partial charge in [0.15, 0.2) is 0 Å². The van der Waals surface area contributed by atoms with Crippen LogP contribution in [0.25, 0.3) is 0 Å². The summed E-state index contributed by atoms with van der Waals surface area (Å²) < 4.78 is 5.09. The number of alkyl halides is 1. The number of carbonyl (C=O) groups is 1. The fourth-order valence-corrected chi connectivity index (χ4v) is 1.82. The number of hydrogen-bond donors (Lipinski definition) is 1. The van der Waals surface area contributed by atoms with Crippen LogP contribution in [0.1, 0.15) is 21.7 Å². The smallest absolute Gasteiger partial charge is 0.258 e. The molecule has 0 unspecified atom stereocenters. The molecule has 1 aromatic carbocycles. The maximum absolute atomic E-state index is 11.8. The lowest BCUT2D eigenvalue weighted by atomic mass is 10.2. The molecule has 1 amide bonds. The van der Waals surface area contributed by atoms with Crippen molar-refractivity contribution in [3.05, 3.63) is 53.5 Å². The van der Waals surface area contributed by atoms with Crippen LogP contribution in [-0.2, 0) is 5.33 Å². The number of benzene rings is 1. The maximum atomic E-state index is 11.8. The van der Waals surface area contributed by atoms with Gasteiger partial charge in [0.05, 0.1) is 5.56 Å². The molecule has 0 fully saturated rings. The molecule has 3 nitrogen and oxygen atoms in total. The first kappa shape index (κ1) is 11.9. The van der Waals surface area contributed by atoms with E-state index in [0.29, 0.717) is 5.56 Å². The van der Waals surface area contributed by atoms with E-state index in [-0.39, 0.29) is 5.91 Å². The quantitative estimate of drug-likeness (QED) is 0.876. The Balaban J connectivity index is 2.07. The van der Waals surface area contributed by atoms with E-state index in [2.05, 4.69) is 21.2 Å². The molecule has 0 aliphatic heterocycles. The molecule has 0 bridgehead atoms. The Morgan fingerprint density at radius 2 is 2.06 bits per heavy atom. The second-order valence-corrected chi connectivity index (χ2v) is 4.29. The Morgan fingerprint density at radius 1 is 1.35 bits per heavy atom. The highest BCUT2D eigenvalue weighted by atomic mass is 79.9. The van der Waals surface area contributed by atoms with Crippen molar-refractivity contribution in [2.45, 2.75) is 12.3 Å². The molecular weight excluding hydrogens is 282 g/mol. The van der Waals surface area contributed by atoms with Gasteiger partial charge in [-0.05, 0) is 30.7 Å². The first-order chi connectivity index (χ1) is 8.19. The number of rotatable bonds is 3. The standard InChI is InChI=1S/C13H12BrNO2/c1-9-6-11(8-17-9)13(16)15-12-4-2-10(7-14)3-5-12/h2-6,8H,7H2,1H3,(H,15,16). The third-order valence-electron chi connectivity index (χ3n) is 2.36. The van der Waals surface area contributed by atoms with Gasteiger partial charge in [0, 0.05) is 11.0 Å². The van der Waals surface area contributed by atoms with Crippen LogP contribution in [0.3, 0.4) is 0 Å². The molecule has 2 aromatic rings. The van der Waals surface area contributed by atoms with Crippen molar-refractivity contribution in [3.8, 4) is 0 Å². The van der Waals surface area contributed by atoms with Crippen LogP contribution >= 0.6 is 15.9 Å². The third-order valence-corrected chi connectivity index (χ3v) is 3.01. The Bertz CT molecular complexity index is 516. The first-order valence-electron chi connectivity index (χ1n) is 5.20. The van der Waals surface area contributed by atoms with Crippen LogP contribution in [0.15, 0.2) is 41.0 Å². The number of hydrogen-bond acceptors (Lipinski definition) is 2. The summed E-state index contributed by atoms with van der Waals surface area (Å²) in [6.45, 7) is 1.81. The van der Waals surface area contributed by atoms with Crippen LogP contribution < -0.4 is 5.32 Å². The molecular formula is C13H12BrNO2. The zero-order valence-corrected chi connectivity index (χ0v) is 11.0. The summed E-state index contributed by atoms with van der Waals surface area (Å²) >= 11 is 3.37. The number of furan rings is 1. The number of halogens is 1.